The first-order valence-electron chi connectivity index (χ1n) is 6.29. The molecule has 100 valence electrons. The van der Waals surface area contributed by atoms with Crippen LogP contribution in [0.3, 0.4) is 0 Å². The summed E-state index contributed by atoms with van der Waals surface area (Å²) in [5.74, 6) is 0.110. The van der Waals surface area contributed by atoms with Crippen LogP contribution < -0.4 is 11.1 Å². The van der Waals surface area contributed by atoms with E-state index in [1.807, 2.05) is 48.7 Å². The van der Waals surface area contributed by atoms with Crippen molar-refractivity contribution in [3.8, 4) is 0 Å². The molecule has 1 heterocycles. The van der Waals surface area contributed by atoms with E-state index in [9.17, 15) is 4.79 Å². The number of amides is 1. The van der Waals surface area contributed by atoms with Crippen LogP contribution in [0.2, 0.25) is 0 Å². The molecule has 4 heteroatoms. The molecule has 0 bridgehead atoms. The van der Waals surface area contributed by atoms with E-state index in [0.29, 0.717) is 13.0 Å². The van der Waals surface area contributed by atoms with Crippen LogP contribution in [0, 0.1) is 6.92 Å². The van der Waals surface area contributed by atoms with Gasteiger partial charge >= 0.3 is 0 Å². The number of benzene rings is 1. The van der Waals surface area contributed by atoms with Gasteiger partial charge in [-0.2, -0.15) is 0 Å². The lowest BCUT2D eigenvalue weighted by atomic mass is 10.0. The van der Waals surface area contributed by atoms with E-state index in [4.69, 9.17) is 5.73 Å². The minimum Gasteiger partial charge on any atom is -0.330 e. The highest BCUT2D eigenvalue weighted by atomic mass is 32.1. The van der Waals surface area contributed by atoms with E-state index in [1.54, 1.807) is 11.3 Å². The molecule has 1 amide bonds. The molecule has 0 saturated heterocycles. The van der Waals surface area contributed by atoms with Crippen molar-refractivity contribution in [2.45, 2.75) is 19.3 Å². The number of carbonyl (C=O) groups excluding carboxylic acids is 1. The molecule has 3 nitrogen and oxygen atoms in total. The van der Waals surface area contributed by atoms with Crippen LogP contribution >= 0.6 is 11.3 Å². The first-order chi connectivity index (χ1) is 9.19. The molecule has 1 aromatic heterocycles. The van der Waals surface area contributed by atoms with Gasteiger partial charge in [0, 0.05) is 29.4 Å². The second-order valence-corrected chi connectivity index (χ2v) is 5.55. The van der Waals surface area contributed by atoms with Crippen LogP contribution in [-0.2, 0) is 4.79 Å². The van der Waals surface area contributed by atoms with Crippen LogP contribution in [0.15, 0.2) is 41.8 Å². The Morgan fingerprint density at radius 2 is 2.21 bits per heavy atom. The number of nitrogens with one attached hydrogen (secondary N) is 1. The predicted octanol–water partition coefficient (Wildman–Crippen LogP) is 3.13. The fourth-order valence-electron chi connectivity index (χ4n) is 1.98. The molecule has 0 aliphatic rings. The Labute approximate surface area is 117 Å². The van der Waals surface area contributed by atoms with Crippen molar-refractivity contribution in [1.82, 2.24) is 0 Å². The van der Waals surface area contributed by atoms with Gasteiger partial charge in [-0.1, -0.05) is 18.2 Å². The summed E-state index contributed by atoms with van der Waals surface area (Å²) in [5.41, 5.74) is 7.73. The molecule has 0 spiro atoms. The predicted molar refractivity (Wildman–Crippen MR) is 80.5 cm³/mol. The van der Waals surface area contributed by atoms with E-state index in [2.05, 4.69) is 5.32 Å². The fourth-order valence-corrected chi connectivity index (χ4v) is 2.83. The summed E-state index contributed by atoms with van der Waals surface area (Å²) in [6, 6.07) is 11.8. The Kier molecular flexibility index (Phi) is 4.71. The van der Waals surface area contributed by atoms with E-state index in [1.165, 1.54) is 4.88 Å². The number of hydrogen-bond donors (Lipinski definition) is 2. The van der Waals surface area contributed by atoms with Gasteiger partial charge in [-0.3, -0.25) is 4.79 Å². The third kappa shape index (κ3) is 3.91. The smallest absolute Gasteiger partial charge is 0.225 e. The molecular weight excluding hydrogens is 256 g/mol. The first kappa shape index (κ1) is 13.8. The summed E-state index contributed by atoms with van der Waals surface area (Å²) in [7, 11) is 0. The first-order valence-corrected chi connectivity index (χ1v) is 7.17. The van der Waals surface area contributed by atoms with Gasteiger partial charge in [0.15, 0.2) is 0 Å². The van der Waals surface area contributed by atoms with Gasteiger partial charge in [0.2, 0.25) is 5.91 Å². The Morgan fingerprint density at radius 3 is 2.84 bits per heavy atom. The van der Waals surface area contributed by atoms with Crippen molar-refractivity contribution in [2.24, 2.45) is 5.73 Å². The van der Waals surface area contributed by atoms with Gasteiger partial charge in [0.1, 0.15) is 0 Å². The SMILES string of the molecule is Cc1cccc(NC(=O)CC(CN)c2cccs2)c1. The van der Waals surface area contributed by atoms with Gasteiger partial charge in [0.25, 0.3) is 0 Å². The summed E-state index contributed by atoms with van der Waals surface area (Å²) >= 11 is 1.65. The number of thiophene rings is 1. The monoisotopic (exact) mass is 274 g/mol. The average molecular weight is 274 g/mol. The Bertz CT molecular complexity index is 537. The van der Waals surface area contributed by atoms with Gasteiger partial charge in [-0.15, -0.1) is 11.3 Å². The molecule has 1 unspecified atom stereocenters. The molecular formula is C15H18N2OS. The van der Waals surface area contributed by atoms with Crippen molar-refractivity contribution in [2.75, 3.05) is 11.9 Å². The van der Waals surface area contributed by atoms with Gasteiger partial charge < -0.3 is 11.1 Å². The van der Waals surface area contributed by atoms with Gasteiger partial charge in [-0.25, -0.2) is 0 Å². The van der Waals surface area contributed by atoms with Crippen molar-refractivity contribution >= 4 is 22.9 Å². The molecule has 1 aromatic carbocycles. The zero-order chi connectivity index (χ0) is 13.7. The zero-order valence-electron chi connectivity index (χ0n) is 10.9. The molecule has 3 N–H and O–H groups in total. The molecule has 0 radical (unpaired) electrons. The topological polar surface area (TPSA) is 55.1 Å². The minimum atomic E-state index is 0.00875. The second-order valence-electron chi connectivity index (χ2n) is 4.57. The minimum absolute atomic E-state index is 0.00875. The number of nitrogens with two attached hydrogens (primary N) is 1. The molecule has 0 aliphatic carbocycles. The lowest BCUT2D eigenvalue weighted by Gasteiger charge is -2.13. The number of rotatable bonds is 5. The Morgan fingerprint density at radius 1 is 1.37 bits per heavy atom. The van der Waals surface area contributed by atoms with Crippen LogP contribution in [-0.4, -0.2) is 12.5 Å². The van der Waals surface area contributed by atoms with E-state index < -0.39 is 0 Å². The molecule has 2 aromatic rings. The summed E-state index contributed by atoms with van der Waals surface area (Å²) in [5, 5.41) is 4.93. The zero-order valence-corrected chi connectivity index (χ0v) is 11.7. The quantitative estimate of drug-likeness (QED) is 0.880. The third-order valence-corrected chi connectivity index (χ3v) is 4.00. The van der Waals surface area contributed by atoms with Crippen LogP contribution in [0.25, 0.3) is 0 Å². The largest absolute Gasteiger partial charge is 0.330 e. The van der Waals surface area contributed by atoms with Crippen LogP contribution in [0.1, 0.15) is 22.8 Å². The molecule has 2 rings (SSSR count). The standard InChI is InChI=1S/C15H18N2OS/c1-11-4-2-5-13(8-11)17-15(18)9-12(10-16)14-6-3-7-19-14/h2-8,12H,9-10,16H2,1H3,(H,17,18). The molecule has 0 fully saturated rings. The van der Waals surface area contributed by atoms with Crippen LogP contribution in [0.4, 0.5) is 5.69 Å². The van der Waals surface area contributed by atoms with E-state index in [-0.39, 0.29) is 11.8 Å². The summed E-state index contributed by atoms with van der Waals surface area (Å²) in [6.45, 7) is 2.49. The van der Waals surface area contributed by atoms with Gasteiger partial charge in [-0.05, 0) is 36.1 Å². The van der Waals surface area contributed by atoms with E-state index >= 15 is 0 Å². The van der Waals surface area contributed by atoms with Crippen molar-refractivity contribution in [3.05, 3.63) is 52.2 Å². The van der Waals surface area contributed by atoms with Gasteiger partial charge in [0.05, 0.1) is 0 Å². The Hall–Kier alpha value is -1.65. The van der Waals surface area contributed by atoms with E-state index in [0.717, 1.165) is 11.3 Å². The fraction of sp³-hybridized carbons (Fsp3) is 0.267. The number of aryl methyl sites for hydroxylation is 1. The van der Waals surface area contributed by atoms with Crippen molar-refractivity contribution in [1.29, 1.82) is 0 Å². The molecule has 19 heavy (non-hydrogen) atoms. The Balaban J connectivity index is 1.97. The summed E-state index contributed by atoms with van der Waals surface area (Å²) in [6.07, 6.45) is 0.422. The van der Waals surface area contributed by atoms with Crippen molar-refractivity contribution in [3.63, 3.8) is 0 Å². The molecule has 0 saturated carbocycles. The maximum Gasteiger partial charge on any atom is 0.225 e. The maximum atomic E-state index is 12.0. The molecule has 0 aliphatic heterocycles. The highest BCUT2D eigenvalue weighted by molar-refractivity contribution is 7.10. The number of anilines is 1. The third-order valence-electron chi connectivity index (χ3n) is 2.96. The highest BCUT2D eigenvalue weighted by Gasteiger charge is 2.15. The summed E-state index contributed by atoms with van der Waals surface area (Å²) in [4.78, 5) is 13.2. The normalized spacial score (nSPS) is 12.1. The highest BCUT2D eigenvalue weighted by Crippen LogP contribution is 2.24. The average Bonchev–Trinajstić information content (AvgIpc) is 2.89. The number of carbonyl (C=O) groups is 1. The lowest BCUT2D eigenvalue weighted by molar-refractivity contribution is -0.116. The van der Waals surface area contributed by atoms with Crippen LogP contribution in [0.5, 0.6) is 0 Å². The lowest BCUT2D eigenvalue weighted by Crippen LogP contribution is -2.20. The maximum absolute atomic E-state index is 12.0. The summed E-state index contributed by atoms with van der Waals surface area (Å²) < 4.78 is 0. The molecule has 1 atom stereocenters. The second kappa shape index (κ2) is 6.50. The van der Waals surface area contributed by atoms with Crippen molar-refractivity contribution < 1.29 is 4.79 Å². The number of hydrogen-bond acceptors (Lipinski definition) is 3.